The lowest BCUT2D eigenvalue weighted by atomic mass is 10.0. The summed E-state index contributed by atoms with van der Waals surface area (Å²) in [7, 11) is 0. The Hall–Kier alpha value is -3.91. The van der Waals surface area contributed by atoms with Crippen LogP contribution in [-0.2, 0) is 30.7 Å². The van der Waals surface area contributed by atoms with Crippen LogP contribution >= 0.6 is 0 Å². The van der Waals surface area contributed by atoms with Crippen LogP contribution in [-0.4, -0.2) is 50.6 Å². The number of nitrogens with one attached hydrogen (secondary N) is 1. The smallest absolute Gasteiger partial charge is 0.410 e. The van der Waals surface area contributed by atoms with E-state index in [1.54, 1.807) is 23.3 Å². The van der Waals surface area contributed by atoms with Crippen LogP contribution in [0, 0.1) is 0 Å². The molecule has 0 unspecified atom stereocenters. The minimum absolute atomic E-state index is 0.0338. The Bertz CT molecular complexity index is 1590. The van der Waals surface area contributed by atoms with Gasteiger partial charge in [-0.15, -0.1) is 0 Å². The molecule has 0 aliphatic carbocycles. The van der Waals surface area contributed by atoms with Gasteiger partial charge < -0.3 is 15.0 Å². The SMILES string of the molecule is CC(=O)n1c2c(c3ccccc31)CCN(C(=O)OC(C)(C)C)C2.CC(=O)n1c2c(c3ccccc31)CCNC2. The second-order valence-electron chi connectivity index (χ2n) is 11.2. The van der Waals surface area contributed by atoms with Gasteiger partial charge in [-0.25, -0.2) is 4.79 Å². The molecule has 2 aromatic heterocycles. The van der Waals surface area contributed by atoms with E-state index < -0.39 is 5.60 Å². The molecule has 8 heteroatoms. The van der Waals surface area contributed by atoms with Gasteiger partial charge in [0.15, 0.2) is 0 Å². The first-order valence-electron chi connectivity index (χ1n) is 13.5. The van der Waals surface area contributed by atoms with Crippen molar-refractivity contribution in [3.63, 3.8) is 0 Å². The molecule has 0 bridgehead atoms. The fourth-order valence-corrected chi connectivity index (χ4v) is 5.76. The number of para-hydroxylation sites is 2. The zero-order valence-electron chi connectivity index (χ0n) is 23.3. The molecule has 204 valence electrons. The van der Waals surface area contributed by atoms with Gasteiger partial charge in [-0.3, -0.25) is 18.7 Å². The van der Waals surface area contributed by atoms with Gasteiger partial charge in [-0.1, -0.05) is 36.4 Å². The number of amides is 1. The molecule has 0 saturated heterocycles. The van der Waals surface area contributed by atoms with Crippen molar-refractivity contribution in [2.75, 3.05) is 13.1 Å². The average molecular weight is 529 g/mol. The van der Waals surface area contributed by atoms with Crippen LogP contribution in [0.5, 0.6) is 0 Å². The minimum atomic E-state index is -0.523. The molecule has 2 aliphatic heterocycles. The molecule has 0 spiro atoms. The molecule has 0 saturated carbocycles. The largest absolute Gasteiger partial charge is 0.444 e. The maximum absolute atomic E-state index is 12.3. The Kier molecular flexibility index (Phi) is 7.07. The third-order valence-electron chi connectivity index (χ3n) is 7.27. The highest BCUT2D eigenvalue weighted by Gasteiger charge is 2.30. The molecule has 1 N–H and O–H groups in total. The fourth-order valence-electron chi connectivity index (χ4n) is 5.76. The number of aromatic nitrogens is 2. The van der Waals surface area contributed by atoms with Crippen LogP contribution in [0.2, 0.25) is 0 Å². The molecule has 4 heterocycles. The van der Waals surface area contributed by atoms with Crippen molar-refractivity contribution in [1.29, 1.82) is 0 Å². The third-order valence-corrected chi connectivity index (χ3v) is 7.27. The van der Waals surface area contributed by atoms with Crippen LogP contribution in [0.25, 0.3) is 21.8 Å². The number of ether oxygens (including phenoxy) is 1. The van der Waals surface area contributed by atoms with E-state index >= 15 is 0 Å². The molecule has 0 fully saturated rings. The summed E-state index contributed by atoms with van der Waals surface area (Å²) in [6.07, 6.45) is 1.41. The molecule has 39 heavy (non-hydrogen) atoms. The molecule has 0 radical (unpaired) electrons. The Morgan fingerprint density at radius 1 is 0.795 bits per heavy atom. The number of benzene rings is 2. The van der Waals surface area contributed by atoms with Crippen LogP contribution in [0.4, 0.5) is 4.79 Å². The Morgan fingerprint density at radius 2 is 1.33 bits per heavy atom. The monoisotopic (exact) mass is 528 g/mol. The second-order valence-corrected chi connectivity index (χ2v) is 11.2. The van der Waals surface area contributed by atoms with Crippen LogP contribution < -0.4 is 5.32 Å². The summed E-state index contributed by atoms with van der Waals surface area (Å²) >= 11 is 0. The van der Waals surface area contributed by atoms with Gasteiger partial charge in [0.25, 0.3) is 0 Å². The first-order valence-corrected chi connectivity index (χ1v) is 13.5. The van der Waals surface area contributed by atoms with Crippen molar-refractivity contribution >= 4 is 39.7 Å². The third kappa shape index (κ3) is 5.08. The van der Waals surface area contributed by atoms with Crippen molar-refractivity contribution in [1.82, 2.24) is 19.4 Å². The Morgan fingerprint density at radius 3 is 1.90 bits per heavy atom. The zero-order chi connectivity index (χ0) is 27.9. The quantitative estimate of drug-likeness (QED) is 0.324. The summed E-state index contributed by atoms with van der Waals surface area (Å²) in [4.78, 5) is 37.9. The molecular formula is C31H36N4O4. The lowest BCUT2D eigenvalue weighted by Gasteiger charge is -2.30. The van der Waals surface area contributed by atoms with Gasteiger partial charge in [0, 0.05) is 49.1 Å². The van der Waals surface area contributed by atoms with E-state index in [0.29, 0.717) is 13.1 Å². The van der Waals surface area contributed by atoms with E-state index in [4.69, 9.17) is 4.74 Å². The van der Waals surface area contributed by atoms with Crippen molar-refractivity contribution in [3.05, 3.63) is 71.0 Å². The predicted octanol–water partition coefficient (Wildman–Crippen LogP) is 5.54. The van der Waals surface area contributed by atoms with Gasteiger partial charge in [-0.2, -0.15) is 0 Å². The van der Waals surface area contributed by atoms with Crippen molar-refractivity contribution < 1.29 is 19.1 Å². The number of nitrogens with zero attached hydrogens (tertiary/aromatic N) is 3. The van der Waals surface area contributed by atoms with Crippen LogP contribution in [0.1, 0.15) is 66.7 Å². The van der Waals surface area contributed by atoms with Crippen molar-refractivity contribution in [2.45, 2.75) is 66.2 Å². The number of rotatable bonds is 0. The highest BCUT2D eigenvalue weighted by molar-refractivity contribution is 5.96. The number of carbonyl (C=O) groups is 3. The van der Waals surface area contributed by atoms with Gasteiger partial charge >= 0.3 is 6.09 Å². The van der Waals surface area contributed by atoms with Crippen molar-refractivity contribution in [3.8, 4) is 0 Å². The normalized spacial score (nSPS) is 14.8. The Labute approximate surface area is 228 Å². The van der Waals surface area contributed by atoms with Crippen LogP contribution in [0.3, 0.4) is 0 Å². The number of fused-ring (bicyclic) bond motifs is 6. The lowest BCUT2D eigenvalue weighted by Crippen LogP contribution is -2.40. The molecule has 0 atom stereocenters. The summed E-state index contributed by atoms with van der Waals surface area (Å²) in [5.74, 6) is 0.0645. The maximum atomic E-state index is 12.3. The zero-order valence-corrected chi connectivity index (χ0v) is 23.3. The molecule has 2 aromatic carbocycles. The van der Waals surface area contributed by atoms with Crippen LogP contribution in [0.15, 0.2) is 48.5 Å². The Balaban J connectivity index is 0.000000168. The topological polar surface area (TPSA) is 85.6 Å². The molecule has 4 aromatic rings. The van der Waals surface area contributed by atoms with Gasteiger partial charge in [0.05, 0.1) is 17.6 Å². The van der Waals surface area contributed by atoms with E-state index in [-0.39, 0.29) is 17.9 Å². The highest BCUT2D eigenvalue weighted by atomic mass is 16.6. The molecule has 1 amide bonds. The summed E-state index contributed by atoms with van der Waals surface area (Å²) in [6.45, 7) is 11.5. The summed E-state index contributed by atoms with van der Waals surface area (Å²) < 4.78 is 9.03. The summed E-state index contributed by atoms with van der Waals surface area (Å²) in [5.41, 5.74) is 5.97. The van der Waals surface area contributed by atoms with E-state index in [1.807, 2.05) is 67.8 Å². The molecule has 8 nitrogen and oxygen atoms in total. The standard InChI is InChI=1S/C18H22N2O3.C13H14N2O/c1-12(21)20-15-8-6-5-7-13(15)14-9-10-19(11-16(14)20)17(22)23-18(2,3)4;1-9(16)15-12-5-3-2-4-10(12)11-6-7-14-8-13(11)15/h5-8H,9-11H2,1-4H3;2-5,14H,6-8H2,1H3. The van der Waals surface area contributed by atoms with Gasteiger partial charge in [0.2, 0.25) is 11.8 Å². The first-order chi connectivity index (χ1) is 18.6. The summed E-state index contributed by atoms with van der Waals surface area (Å²) in [6, 6.07) is 16.1. The molecule has 6 rings (SSSR count). The second kappa shape index (κ2) is 10.3. The highest BCUT2D eigenvalue weighted by Crippen LogP contribution is 2.31. The average Bonchev–Trinajstić information content (AvgIpc) is 3.41. The van der Waals surface area contributed by atoms with Gasteiger partial charge in [0.1, 0.15) is 5.60 Å². The number of carbonyl (C=O) groups excluding carboxylic acids is 3. The number of hydrogen-bond donors (Lipinski definition) is 1. The number of hydrogen-bond acceptors (Lipinski definition) is 5. The van der Waals surface area contributed by atoms with E-state index in [0.717, 1.165) is 59.3 Å². The summed E-state index contributed by atoms with van der Waals surface area (Å²) in [5, 5.41) is 5.65. The van der Waals surface area contributed by atoms with E-state index in [1.165, 1.54) is 10.9 Å². The minimum Gasteiger partial charge on any atom is -0.444 e. The maximum Gasteiger partial charge on any atom is 0.410 e. The van der Waals surface area contributed by atoms with Gasteiger partial charge in [-0.05, 0) is 63.4 Å². The fraction of sp³-hybridized carbons (Fsp3) is 0.387. The first kappa shape index (κ1) is 26.7. The van der Waals surface area contributed by atoms with E-state index in [2.05, 4.69) is 11.4 Å². The molecular weight excluding hydrogens is 492 g/mol. The van der Waals surface area contributed by atoms with E-state index in [9.17, 15) is 14.4 Å². The van der Waals surface area contributed by atoms with Crippen molar-refractivity contribution in [2.24, 2.45) is 0 Å². The molecule has 2 aliphatic rings. The lowest BCUT2D eigenvalue weighted by molar-refractivity contribution is 0.0218. The predicted molar refractivity (Wildman–Crippen MR) is 152 cm³/mol.